The van der Waals surface area contributed by atoms with E-state index in [1.807, 2.05) is 18.2 Å². The van der Waals surface area contributed by atoms with Crippen molar-refractivity contribution >= 4 is 22.8 Å². The van der Waals surface area contributed by atoms with Gasteiger partial charge in [0.2, 0.25) is 0 Å². The predicted molar refractivity (Wildman–Crippen MR) is 147 cm³/mol. The molecule has 0 spiro atoms. The van der Waals surface area contributed by atoms with Crippen LogP contribution in [0.2, 0.25) is 0 Å². The van der Waals surface area contributed by atoms with Crippen LogP contribution < -0.4 is 16.0 Å². The number of imidazole rings is 1. The van der Waals surface area contributed by atoms with Crippen LogP contribution >= 0.6 is 0 Å². The molecule has 0 aliphatic carbocycles. The molecule has 0 aliphatic rings. The van der Waals surface area contributed by atoms with Gasteiger partial charge in [-0.25, -0.2) is 18.7 Å². The first kappa shape index (κ1) is 26.0. The molecule has 0 fully saturated rings. The van der Waals surface area contributed by atoms with Crippen LogP contribution in [0.4, 0.5) is 20.3 Å². The molecule has 2 aromatic carbocycles. The first-order valence-corrected chi connectivity index (χ1v) is 12.4. The number of aryl methyl sites for hydroxylation is 2. The molecule has 0 amide bonds. The topological polar surface area (TPSA) is 66.3 Å². The lowest BCUT2D eigenvalue weighted by Gasteiger charge is -2.16. The zero-order chi connectivity index (χ0) is 26.4. The van der Waals surface area contributed by atoms with Gasteiger partial charge in [0.25, 0.3) is 0 Å². The van der Waals surface area contributed by atoms with Gasteiger partial charge in [0, 0.05) is 54.5 Å². The second-order valence-corrected chi connectivity index (χ2v) is 8.62. The second kappa shape index (κ2) is 11.8. The Balaban J connectivity index is 1.58. The fraction of sp³-hybridized carbons (Fsp3) is 0.241. The van der Waals surface area contributed by atoms with Gasteiger partial charge in [-0.05, 0) is 42.2 Å². The molecule has 2 aromatic heterocycles. The number of halogens is 2. The van der Waals surface area contributed by atoms with E-state index in [0.29, 0.717) is 29.1 Å². The molecule has 8 heteroatoms. The number of hydrogen-bond donors (Lipinski definition) is 3. The second-order valence-electron chi connectivity index (χ2n) is 8.62. The largest absolute Gasteiger partial charge is 0.384 e. The quantitative estimate of drug-likeness (QED) is 0.167. The van der Waals surface area contributed by atoms with E-state index < -0.39 is 11.6 Å². The molecule has 0 atom stereocenters. The van der Waals surface area contributed by atoms with Crippen molar-refractivity contribution < 1.29 is 8.78 Å². The van der Waals surface area contributed by atoms with Crippen molar-refractivity contribution in [3.63, 3.8) is 0 Å². The van der Waals surface area contributed by atoms with Crippen molar-refractivity contribution in [2.75, 3.05) is 25.0 Å². The molecule has 0 radical (unpaired) electrons. The Labute approximate surface area is 216 Å². The number of rotatable bonds is 12. The summed E-state index contributed by atoms with van der Waals surface area (Å²) in [6, 6.07) is 9.26. The number of anilines is 2. The van der Waals surface area contributed by atoms with E-state index in [1.165, 1.54) is 6.20 Å². The van der Waals surface area contributed by atoms with Gasteiger partial charge in [0.05, 0.1) is 11.9 Å². The Kier molecular flexibility index (Phi) is 8.30. The van der Waals surface area contributed by atoms with Gasteiger partial charge in [-0.3, -0.25) is 4.40 Å². The first-order chi connectivity index (χ1) is 18.0. The minimum atomic E-state index is -0.874. The van der Waals surface area contributed by atoms with E-state index in [0.717, 1.165) is 48.6 Å². The summed E-state index contributed by atoms with van der Waals surface area (Å²) in [5.41, 5.74) is 5.36. The molecule has 2 heterocycles. The average molecular weight is 503 g/mol. The van der Waals surface area contributed by atoms with Crippen LogP contribution in [0.15, 0.2) is 68.2 Å². The Morgan fingerprint density at radius 3 is 2.59 bits per heavy atom. The van der Waals surface area contributed by atoms with Gasteiger partial charge >= 0.3 is 0 Å². The highest BCUT2D eigenvalue weighted by molar-refractivity contribution is 5.76. The fourth-order valence-corrected chi connectivity index (χ4v) is 4.26. The third-order valence-corrected chi connectivity index (χ3v) is 6.25. The summed E-state index contributed by atoms with van der Waals surface area (Å²) in [6.07, 6.45) is 7.90. The number of fused-ring (bicyclic) bond motifs is 1. The molecule has 0 saturated heterocycles. The van der Waals surface area contributed by atoms with E-state index in [-0.39, 0.29) is 5.56 Å². The van der Waals surface area contributed by atoms with Gasteiger partial charge in [-0.2, -0.15) is 0 Å². The van der Waals surface area contributed by atoms with Crippen molar-refractivity contribution in [2.45, 2.75) is 26.7 Å². The maximum absolute atomic E-state index is 14.8. The maximum Gasteiger partial charge on any atom is 0.180 e. The molecular weight excluding hydrogens is 470 g/mol. The lowest BCUT2D eigenvalue weighted by Crippen LogP contribution is -2.26. The molecule has 3 N–H and O–H groups in total. The summed E-state index contributed by atoms with van der Waals surface area (Å²) in [6.45, 7) is 14.1. The number of nitrogens with one attached hydrogen (secondary N) is 3. The van der Waals surface area contributed by atoms with Crippen molar-refractivity contribution in [3.8, 4) is 11.3 Å². The van der Waals surface area contributed by atoms with Crippen LogP contribution in [0.25, 0.3) is 22.6 Å². The van der Waals surface area contributed by atoms with Crippen LogP contribution in [0.5, 0.6) is 0 Å². The Bertz CT molecular complexity index is 1430. The third-order valence-electron chi connectivity index (χ3n) is 6.25. The Morgan fingerprint density at radius 2 is 1.84 bits per heavy atom. The van der Waals surface area contributed by atoms with Gasteiger partial charge in [0.1, 0.15) is 0 Å². The molecule has 4 aromatic rings. The highest BCUT2D eigenvalue weighted by Gasteiger charge is 2.18. The average Bonchev–Trinajstić information content (AvgIpc) is 3.35. The predicted octanol–water partition coefficient (Wildman–Crippen LogP) is 5.88. The fourth-order valence-electron chi connectivity index (χ4n) is 4.26. The molecule has 0 saturated carbocycles. The number of nitrogens with zero attached hydrogens (tertiary/aromatic N) is 3. The van der Waals surface area contributed by atoms with Crippen LogP contribution in [0.3, 0.4) is 0 Å². The first-order valence-electron chi connectivity index (χ1n) is 12.4. The monoisotopic (exact) mass is 502 g/mol. The minimum absolute atomic E-state index is 0.155. The van der Waals surface area contributed by atoms with Crippen molar-refractivity contribution in [2.24, 2.45) is 0 Å². The molecule has 0 aliphatic heterocycles. The standard InChI is InChI=1S/C29H32F2N6/c1-5-12-32-13-14-33-19(4)23-11-9-22(17-21(23)7-3)36-28-29-35-18-25(37(29)16-15-34-28)24-10-8-20(6-2)26(30)27(24)31/h5,8-11,15-18,32-33H,1,4,6-7,12-14H2,2-3H3,(H,34,36). The van der Waals surface area contributed by atoms with Gasteiger partial charge < -0.3 is 16.0 Å². The number of aromatic nitrogens is 3. The van der Waals surface area contributed by atoms with E-state index in [1.54, 1.807) is 35.9 Å². The molecule has 0 unspecified atom stereocenters. The zero-order valence-electron chi connectivity index (χ0n) is 21.2. The van der Waals surface area contributed by atoms with E-state index in [4.69, 9.17) is 0 Å². The summed E-state index contributed by atoms with van der Waals surface area (Å²) >= 11 is 0. The van der Waals surface area contributed by atoms with E-state index in [9.17, 15) is 8.78 Å². The Hall–Kier alpha value is -4.04. The van der Waals surface area contributed by atoms with Gasteiger partial charge in [-0.15, -0.1) is 6.58 Å². The minimum Gasteiger partial charge on any atom is -0.384 e. The summed E-state index contributed by atoms with van der Waals surface area (Å²) in [5, 5.41) is 9.96. The highest BCUT2D eigenvalue weighted by atomic mass is 19.2. The maximum atomic E-state index is 14.8. The summed E-state index contributed by atoms with van der Waals surface area (Å²) in [4.78, 5) is 8.91. The molecular formula is C29H32F2N6. The molecule has 0 bridgehead atoms. The molecule has 37 heavy (non-hydrogen) atoms. The number of hydrogen-bond acceptors (Lipinski definition) is 5. The smallest absolute Gasteiger partial charge is 0.180 e. The lowest BCUT2D eigenvalue weighted by atomic mass is 10.0. The summed E-state index contributed by atoms with van der Waals surface area (Å²) < 4.78 is 31.0. The number of benzene rings is 2. The van der Waals surface area contributed by atoms with Crippen LogP contribution in [0, 0.1) is 11.6 Å². The van der Waals surface area contributed by atoms with Crippen LogP contribution in [0.1, 0.15) is 30.5 Å². The normalized spacial score (nSPS) is 11.0. The molecule has 6 nitrogen and oxygen atoms in total. The van der Waals surface area contributed by atoms with Gasteiger partial charge in [0.15, 0.2) is 23.1 Å². The van der Waals surface area contributed by atoms with Gasteiger partial charge in [-0.1, -0.05) is 38.6 Å². The van der Waals surface area contributed by atoms with Crippen molar-refractivity contribution in [1.29, 1.82) is 0 Å². The SMILES string of the molecule is C=CCNCCNC(=C)c1ccc(Nc2nccn3c(-c4ccc(CC)c(F)c4F)cnc23)cc1CC. The van der Waals surface area contributed by atoms with Crippen LogP contribution in [-0.4, -0.2) is 34.0 Å². The summed E-state index contributed by atoms with van der Waals surface area (Å²) in [5.74, 6) is -1.18. The lowest BCUT2D eigenvalue weighted by molar-refractivity contribution is 0.502. The van der Waals surface area contributed by atoms with Crippen molar-refractivity contribution in [1.82, 2.24) is 25.0 Å². The van der Waals surface area contributed by atoms with Crippen molar-refractivity contribution in [3.05, 3.63) is 96.5 Å². The zero-order valence-corrected chi connectivity index (χ0v) is 21.2. The highest BCUT2D eigenvalue weighted by Crippen LogP contribution is 2.30. The van der Waals surface area contributed by atoms with E-state index in [2.05, 4.69) is 52.1 Å². The Morgan fingerprint density at radius 1 is 1.03 bits per heavy atom. The van der Waals surface area contributed by atoms with E-state index >= 15 is 0 Å². The molecule has 4 rings (SSSR count). The third kappa shape index (κ3) is 5.54. The van der Waals surface area contributed by atoms with Crippen LogP contribution in [-0.2, 0) is 12.8 Å². The molecule has 192 valence electrons. The summed E-state index contributed by atoms with van der Waals surface area (Å²) in [7, 11) is 0.